The van der Waals surface area contributed by atoms with Crippen LogP contribution in [0.4, 0.5) is 5.69 Å². The van der Waals surface area contributed by atoms with E-state index in [1.807, 2.05) is 0 Å². The van der Waals surface area contributed by atoms with E-state index in [9.17, 15) is 0 Å². The minimum absolute atomic E-state index is 0.720. The molecule has 0 aromatic heterocycles. The van der Waals surface area contributed by atoms with Crippen LogP contribution in [0.25, 0.3) is 0 Å². The molecule has 0 radical (unpaired) electrons. The number of nitrogens with zero attached hydrogens (tertiary/aromatic N) is 1. The van der Waals surface area contributed by atoms with Gasteiger partial charge in [0, 0.05) is 30.9 Å². The van der Waals surface area contributed by atoms with Gasteiger partial charge in [0.1, 0.15) is 0 Å². The molecule has 2 fully saturated rings. The topological polar surface area (TPSA) is 15.3 Å². The minimum Gasteiger partial charge on any atom is -0.366 e. The minimum atomic E-state index is 0.720. The number of anilines is 1. The van der Waals surface area contributed by atoms with E-state index in [0.29, 0.717) is 0 Å². The van der Waals surface area contributed by atoms with E-state index in [-0.39, 0.29) is 0 Å². The molecule has 17 heavy (non-hydrogen) atoms. The van der Waals surface area contributed by atoms with Crippen LogP contribution in [0.3, 0.4) is 0 Å². The summed E-state index contributed by atoms with van der Waals surface area (Å²) in [7, 11) is 0. The summed E-state index contributed by atoms with van der Waals surface area (Å²) < 4.78 is 0. The highest BCUT2D eigenvalue weighted by atomic mass is 15.2. The van der Waals surface area contributed by atoms with Gasteiger partial charge in [-0.1, -0.05) is 25.0 Å². The third kappa shape index (κ3) is 2.19. The highest BCUT2D eigenvalue weighted by molar-refractivity contribution is 5.50. The lowest BCUT2D eigenvalue weighted by molar-refractivity contribution is 0.284. The summed E-state index contributed by atoms with van der Waals surface area (Å²) in [5.41, 5.74) is 2.79. The Hall–Kier alpha value is -1.02. The Morgan fingerprint density at radius 1 is 1.24 bits per heavy atom. The van der Waals surface area contributed by atoms with Gasteiger partial charge < -0.3 is 10.2 Å². The number of aryl methyl sites for hydroxylation is 1. The number of hydrogen-bond donors (Lipinski definition) is 1. The second kappa shape index (κ2) is 4.69. The molecule has 1 aliphatic carbocycles. The zero-order valence-corrected chi connectivity index (χ0v) is 10.7. The predicted molar refractivity (Wildman–Crippen MR) is 72.6 cm³/mol. The molecule has 1 saturated heterocycles. The third-order valence-electron chi connectivity index (χ3n) is 4.22. The first-order chi connectivity index (χ1) is 8.34. The Kier molecular flexibility index (Phi) is 3.06. The molecule has 1 aromatic rings. The van der Waals surface area contributed by atoms with Crippen molar-refractivity contribution >= 4 is 5.69 Å². The molecule has 3 rings (SSSR count). The molecule has 2 unspecified atom stereocenters. The summed E-state index contributed by atoms with van der Waals surface area (Å²) in [5.74, 6) is 0. The monoisotopic (exact) mass is 230 g/mol. The number of piperazine rings is 1. The first kappa shape index (κ1) is 11.1. The number of nitrogens with one attached hydrogen (secondary N) is 1. The second-order valence-electron chi connectivity index (χ2n) is 5.44. The van der Waals surface area contributed by atoms with Crippen LogP contribution in [0, 0.1) is 6.92 Å². The summed E-state index contributed by atoms with van der Waals surface area (Å²) in [6.45, 7) is 4.48. The molecule has 0 amide bonds. The average Bonchev–Trinajstić information content (AvgIpc) is 2.38. The summed E-state index contributed by atoms with van der Waals surface area (Å²) in [5, 5.41) is 3.69. The number of benzene rings is 1. The van der Waals surface area contributed by atoms with Gasteiger partial charge in [0.2, 0.25) is 0 Å². The van der Waals surface area contributed by atoms with Crippen molar-refractivity contribution in [1.82, 2.24) is 5.32 Å². The van der Waals surface area contributed by atoms with Gasteiger partial charge in [-0.05, 0) is 37.5 Å². The maximum absolute atomic E-state index is 3.69. The molecule has 1 aromatic carbocycles. The average molecular weight is 230 g/mol. The molecule has 2 aliphatic rings. The van der Waals surface area contributed by atoms with E-state index in [0.717, 1.165) is 25.2 Å². The van der Waals surface area contributed by atoms with Crippen LogP contribution < -0.4 is 10.2 Å². The molecule has 1 N–H and O–H groups in total. The van der Waals surface area contributed by atoms with Crippen molar-refractivity contribution in [3.05, 3.63) is 29.8 Å². The van der Waals surface area contributed by atoms with Crippen LogP contribution in [0.2, 0.25) is 0 Å². The SMILES string of the molecule is Cc1cccc(N2CCNC3CCCCC32)c1. The molecular formula is C15H22N2. The number of rotatable bonds is 1. The zero-order chi connectivity index (χ0) is 11.7. The lowest BCUT2D eigenvalue weighted by Crippen LogP contribution is -2.59. The molecule has 1 saturated carbocycles. The van der Waals surface area contributed by atoms with Gasteiger partial charge in [-0.2, -0.15) is 0 Å². The molecule has 92 valence electrons. The van der Waals surface area contributed by atoms with Crippen LogP contribution in [-0.4, -0.2) is 25.2 Å². The highest BCUT2D eigenvalue weighted by Gasteiger charge is 2.32. The van der Waals surface area contributed by atoms with E-state index >= 15 is 0 Å². The lowest BCUT2D eigenvalue weighted by atomic mass is 9.87. The smallest absolute Gasteiger partial charge is 0.0443 e. The molecule has 2 nitrogen and oxygen atoms in total. The molecule has 1 heterocycles. The van der Waals surface area contributed by atoms with Gasteiger partial charge in [0.15, 0.2) is 0 Å². The predicted octanol–water partition coefficient (Wildman–Crippen LogP) is 2.72. The van der Waals surface area contributed by atoms with Crippen LogP contribution in [0.5, 0.6) is 0 Å². The quantitative estimate of drug-likeness (QED) is 0.798. The molecular weight excluding hydrogens is 208 g/mol. The third-order valence-corrected chi connectivity index (χ3v) is 4.22. The molecule has 2 atom stereocenters. The fourth-order valence-corrected chi connectivity index (χ4v) is 3.39. The van der Waals surface area contributed by atoms with Crippen molar-refractivity contribution in [3.63, 3.8) is 0 Å². The van der Waals surface area contributed by atoms with Gasteiger partial charge in [0.25, 0.3) is 0 Å². The Morgan fingerprint density at radius 3 is 3.00 bits per heavy atom. The van der Waals surface area contributed by atoms with Crippen LogP contribution in [-0.2, 0) is 0 Å². The molecule has 0 spiro atoms. The van der Waals surface area contributed by atoms with E-state index in [4.69, 9.17) is 0 Å². The van der Waals surface area contributed by atoms with E-state index in [2.05, 4.69) is 41.4 Å². The molecule has 0 bridgehead atoms. The summed E-state index contributed by atoms with van der Waals surface area (Å²) in [6, 6.07) is 10.4. The Morgan fingerprint density at radius 2 is 2.12 bits per heavy atom. The summed E-state index contributed by atoms with van der Waals surface area (Å²) in [4.78, 5) is 2.63. The standard InChI is InChI=1S/C15H22N2/c1-12-5-4-6-13(11-12)17-10-9-16-14-7-2-3-8-15(14)17/h4-6,11,14-16H,2-3,7-10H2,1H3. The van der Waals surface area contributed by atoms with Crippen molar-refractivity contribution in [3.8, 4) is 0 Å². The Bertz CT molecular complexity index is 386. The van der Waals surface area contributed by atoms with E-state index < -0.39 is 0 Å². The maximum Gasteiger partial charge on any atom is 0.0443 e. The van der Waals surface area contributed by atoms with Gasteiger partial charge in [-0.25, -0.2) is 0 Å². The maximum atomic E-state index is 3.69. The van der Waals surface area contributed by atoms with Crippen molar-refractivity contribution in [1.29, 1.82) is 0 Å². The second-order valence-corrected chi connectivity index (χ2v) is 5.44. The highest BCUT2D eigenvalue weighted by Crippen LogP contribution is 2.29. The largest absolute Gasteiger partial charge is 0.366 e. The van der Waals surface area contributed by atoms with Crippen molar-refractivity contribution in [2.24, 2.45) is 0 Å². The fourth-order valence-electron chi connectivity index (χ4n) is 3.39. The van der Waals surface area contributed by atoms with Crippen LogP contribution >= 0.6 is 0 Å². The fraction of sp³-hybridized carbons (Fsp3) is 0.600. The summed E-state index contributed by atoms with van der Waals surface area (Å²) in [6.07, 6.45) is 5.50. The lowest BCUT2D eigenvalue weighted by Gasteiger charge is -2.46. The van der Waals surface area contributed by atoms with Gasteiger partial charge in [-0.3, -0.25) is 0 Å². The van der Waals surface area contributed by atoms with Gasteiger partial charge >= 0.3 is 0 Å². The van der Waals surface area contributed by atoms with Crippen LogP contribution in [0.15, 0.2) is 24.3 Å². The van der Waals surface area contributed by atoms with Crippen molar-refractivity contribution in [2.75, 3.05) is 18.0 Å². The van der Waals surface area contributed by atoms with E-state index in [1.54, 1.807) is 0 Å². The van der Waals surface area contributed by atoms with Gasteiger partial charge in [0.05, 0.1) is 0 Å². The Balaban J connectivity index is 1.85. The summed E-state index contributed by atoms with van der Waals surface area (Å²) >= 11 is 0. The number of hydrogen-bond acceptors (Lipinski definition) is 2. The van der Waals surface area contributed by atoms with Crippen molar-refractivity contribution < 1.29 is 0 Å². The molecule has 1 aliphatic heterocycles. The normalized spacial score (nSPS) is 28.9. The molecule has 2 heteroatoms. The first-order valence-electron chi connectivity index (χ1n) is 6.91. The van der Waals surface area contributed by atoms with Crippen molar-refractivity contribution in [2.45, 2.75) is 44.7 Å². The van der Waals surface area contributed by atoms with Gasteiger partial charge in [-0.15, -0.1) is 0 Å². The van der Waals surface area contributed by atoms with E-state index in [1.165, 1.54) is 36.9 Å². The van der Waals surface area contributed by atoms with Crippen LogP contribution in [0.1, 0.15) is 31.2 Å². The number of fused-ring (bicyclic) bond motifs is 1. The first-order valence-corrected chi connectivity index (χ1v) is 6.91. The Labute approximate surface area is 104 Å². The zero-order valence-electron chi connectivity index (χ0n) is 10.7.